The molecule has 0 unspecified atom stereocenters. The third kappa shape index (κ3) is 2.76. The first-order valence-electron chi connectivity index (χ1n) is 6.59. The van der Waals surface area contributed by atoms with Gasteiger partial charge in [0.25, 0.3) is 0 Å². The lowest BCUT2D eigenvalue weighted by Crippen LogP contribution is -2.02. The maximum absolute atomic E-state index is 13.7. The summed E-state index contributed by atoms with van der Waals surface area (Å²) in [6.07, 6.45) is 0. The Bertz CT molecular complexity index is 872. The van der Waals surface area contributed by atoms with Crippen LogP contribution in [0, 0.1) is 28.0 Å². The number of hydrogen-bond acceptors (Lipinski definition) is 1. The standard InChI is InChI=1S/C16H14FIN2S/c1-9-5-11(6-10(2)15(9)17)8-20-14-4-3-12(18)7-13(14)19-16(20)21/h3-7H,8H2,1-2H3,(H,19,21). The second-order valence-corrected chi connectivity index (χ2v) is 6.85. The number of imidazole rings is 1. The zero-order chi connectivity index (χ0) is 15.1. The summed E-state index contributed by atoms with van der Waals surface area (Å²) in [4.78, 5) is 3.23. The fourth-order valence-corrected chi connectivity index (χ4v) is 3.37. The number of aryl methyl sites for hydroxylation is 2. The molecule has 0 saturated carbocycles. The maximum atomic E-state index is 13.7. The summed E-state index contributed by atoms with van der Waals surface area (Å²) in [6, 6.07) is 9.96. The lowest BCUT2D eigenvalue weighted by molar-refractivity contribution is 0.607. The molecule has 2 aromatic carbocycles. The van der Waals surface area contributed by atoms with Gasteiger partial charge in [-0.25, -0.2) is 4.39 Å². The molecule has 0 aliphatic rings. The molecule has 0 aliphatic carbocycles. The Kier molecular flexibility index (Phi) is 3.88. The number of fused-ring (bicyclic) bond motifs is 1. The van der Waals surface area contributed by atoms with Gasteiger partial charge in [0.15, 0.2) is 4.77 Å². The van der Waals surface area contributed by atoms with Crippen molar-refractivity contribution in [3.63, 3.8) is 0 Å². The molecule has 0 spiro atoms. The predicted molar refractivity (Wildman–Crippen MR) is 94.8 cm³/mol. The monoisotopic (exact) mass is 412 g/mol. The van der Waals surface area contributed by atoms with E-state index >= 15 is 0 Å². The van der Waals surface area contributed by atoms with Gasteiger partial charge in [0, 0.05) is 3.57 Å². The fraction of sp³-hybridized carbons (Fsp3) is 0.188. The molecule has 1 heterocycles. The summed E-state index contributed by atoms with van der Waals surface area (Å²) in [7, 11) is 0. The van der Waals surface area contributed by atoms with Crippen LogP contribution in [-0.4, -0.2) is 9.55 Å². The average Bonchev–Trinajstić information content (AvgIpc) is 2.71. The van der Waals surface area contributed by atoms with Crippen molar-refractivity contribution in [2.75, 3.05) is 0 Å². The molecule has 3 aromatic rings. The maximum Gasteiger partial charge on any atom is 0.178 e. The Labute approximate surface area is 141 Å². The molecule has 3 rings (SSSR count). The lowest BCUT2D eigenvalue weighted by Gasteiger charge is -2.09. The van der Waals surface area contributed by atoms with E-state index in [1.807, 2.05) is 16.7 Å². The van der Waals surface area contributed by atoms with E-state index in [1.54, 1.807) is 13.8 Å². The van der Waals surface area contributed by atoms with Crippen LogP contribution < -0.4 is 0 Å². The summed E-state index contributed by atoms with van der Waals surface area (Å²) < 4.78 is 17.6. The van der Waals surface area contributed by atoms with Gasteiger partial charge in [0.2, 0.25) is 0 Å². The normalized spacial score (nSPS) is 11.2. The molecule has 0 bridgehead atoms. The van der Waals surface area contributed by atoms with Gasteiger partial charge in [-0.1, -0.05) is 12.1 Å². The van der Waals surface area contributed by atoms with E-state index in [0.29, 0.717) is 22.4 Å². The number of benzene rings is 2. The van der Waals surface area contributed by atoms with Crippen LogP contribution >= 0.6 is 34.8 Å². The highest BCUT2D eigenvalue weighted by molar-refractivity contribution is 14.1. The number of aromatic amines is 1. The highest BCUT2D eigenvalue weighted by Gasteiger charge is 2.08. The smallest absolute Gasteiger partial charge is 0.178 e. The van der Waals surface area contributed by atoms with Crippen LogP contribution in [0.25, 0.3) is 11.0 Å². The van der Waals surface area contributed by atoms with Gasteiger partial charge in [-0.3, -0.25) is 0 Å². The second-order valence-electron chi connectivity index (χ2n) is 5.22. The highest BCUT2D eigenvalue weighted by atomic mass is 127. The van der Waals surface area contributed by atoms with Crippen molar-refractivity contribution >= 4 is 45.8 Å². The zero-order valence-electron chi connectivity index (χ0n) is 11.7. The van der Waals surface area contributed by atoms with E-state index in [1.165, 1.54) is 0 Å². The molecule has 0 saturated heterocycles. The third-order valence-electron chi connectivity index (χ3n) is 3.57. The van der Waals surface area contributed by atoms with E-state index < -0.39 is 0 Å². The van der Waals surface area contributed by atoms with Gasteiger partial charge >= 0.3 is 0 Å². The molecule has 1 aromatic heterocycles. The minimum atomic E-state index is -0.129. The van der Waals surface area contributed by atoms with Gasteiger partial charge in [0.1, 0.15) is 5.82 Å². The van der Waals surface area contributed by atoms with E-state index in [-0.39, 0.29) is 5.82 Å². The van der Waals surface area contributed by atoms with Crippen LogP contribution in [0.5, 0.6) is 0 Å². The molecule has 1 N–H and O–H groups in total. The zero-order valence-corrected chi connectivity index (χ0v) is 14.7. The Morgan fingerprint density at radius 1 is 1.19 bits per heavy atom. The van der Waals surface area contributed by atoms with Crippen molar-refractivity contribution < 1.29 is 4.39 Å². The number of nitrogens with zero attached hydrogens (tertiary/aromatic N) is 1. The SMILES string of the molecule is Cc1cc(Cn2c(=S)[nH]c3cc(I)ccc32)cc(C)c1F. The van der Waals surface area contributed by atoms with Crippen molar-refractivity contribution in [1.29, 1.82) is 0 Å². The number of halogens is 2. The third-order valence-corrected chi connectivity index (χ3v) is 4.57. The number of aromatic nitrogens is 2. The minimum Gasteiger partial charge on any atom is -0.331 e. The molecule has 21 heavy (non-hydrogen) atoms. The van der Waals surface area contributed by atoms with Crippen LogP contribution in [0.3, 0.4) is 0 Å². The Hall–Kier alpha value is -1.21. The Morgan fingerprint density at radius 2 is 1.86 bits per heavy atom. The number of nitrogens with one attached hydrogen (secondary N) is 1. The van der Waals surface area contributed by atoms with Gasteiger partial charge in [0.05, 0.1) is 17.6 Å². The van der Waals surface area contributed by atoms with Crippen LogP contribution in [0.2, 0.25) is 0 Å². The quantitative estimate of drug-likeness (QED) is 0.459. The summed E-state index contributed by atoms with van der Waals surface area (Å²) in [5.41, 5.74) is 4.50. The van der Waals surface area contributed by atoms with E-state index in [4.69, 9.17) is 12.2 Å². The van der Waals surface area contributed by atoms with E-state index in [0.717, 1.165) is 20.2 Å². The highest BCUT2D eigenvalue weighted by Crippen LogP contribution is 2.20. The van der Waals surface area contributed by atoms with Crippen molar-refractivity contribution in [3.8, 4) is 0 Å². The molecule has 0 fully saturated rings. The van der Waals surface area contributed by atoms with E-state index in [2.05, 4.69) is 45.8 Å². The first kappa shape index (κ1) is 14.7. The molecule has 5 heteroatoms. The molecule has 2 nitrogen and oxygen atoms in total. The first-order chi connectivity index (χ1) is 9.95. The van der Waals surface area contributed by atoms with Crippen LogP contribution in [0.1, 0.15) is 16.7 Å². The molecular weight excluding hydrogens is 398 g/mol. The van der Waals surface area contributed by atoms with Crippen molar-refractivity contribution in [1.82, 2.24) is 9.55 Å². The van der Waals surface area contributed by atoms with Gasteiger partial charge in [-0.2, -0.15) is 0 Å². The molecule has 0 amide bonds. The molecule has 108 valence electrons. The minimum absolute atomic E-state index is 0.129. The van der Waals surface area contributed by atoms with Gasteiger partial charge in [-0.05, 0) is 83.5 Å². The average molecular weight is 412 g/mol. The fourth-order valence-electron chi connectivity index (χ4n) is 2.60. The van der Waals surface area contributed by atoms with Crippen molar-refractivity contribution in [2.45, 2.75) is 20.4 Å². The Balaban J connectivity index is 2.10. The molecule has 0 radical (unpaired) electrons. The number of rotatable bonds is 2. The first-order valence-corrected chi connectivity index (χ1v) is 8.08. The van der Waals surface area contributed by atoms with E-state index in [9.17, 15) is 4.39 Å². The molecule has 0 atom stereocenters. The summed E-state index contributed by atoms with van der Waals surface area (Å²) >= 11 is 7.70. The Morgan fingerprint density at radius 3 is 2.52 bits per heavy atom. The van der Waals surface area contributed by atoms with Crippen molar-refractivity contribution in [3.05, 3.63) is 61.2 Å². The largest absolute Gasteiger partial charge is 0.331 e. The van der Waals surface area contributed by atoms with Gasteiger partial charge < -0.3 is 9.55 Å². The van der Waals surface area contributed by atoms with Crippen LogP contribution in [-0.2, 0) is 6.54 Å². The number of hydrogen-bond donors (Lipinski definition) is 1. The number of H-pyrrole nitrogens is 1. The van der Waals surface area contributed by atoms with Crippen LogP contribution in [0.4, 0.5) is 4.39 Å². The predicted octanol–water partition coefficient (Wildman–Crippen LogP) is 5.11. The van der Waals surface area contributed by atoms with Crippen molar-refractivity contribution in [2.24, 2.45) is 0 Å². The molecule has 0 aliphatic heterocycles. The summed E-state index contributed by atoms with van der Waals surface area (Å²) in [5, 5.41) is 0. The lowest BCUT2D eigenvalue weighted by atomic mass is 10.1. The summed E-state index contributed by atoms with van der Waals surface area (Å²) in [5.74, 6) is -0.129. The van der Waals surface area contributed by atoms with Gasteiger partial charge in [-0.15, -0.1) is 0 Å². The summed E-state index contributed by atoms with van der Waals surface area (Å²) in [6.45, 7) is 4.23. The second kappa shape index (κ2) is 5.53. The van der Waals surface area contributed by atoms with Crippen LogP contribution in [0.15, 0.2) is 30.3 Å². The molecular formula is C16H14FIN2S. The topological polar surface area (TPSA) is 20.7 Å².